The van der Waals surface area contributed by atoms with Crippen LogP contribution in [0.3, 0.4) is 0 Å². The Kier molecular flexibility index (Phi) is 7.55. The van der Waals surface area contributed by atoms with Gasteiger partial charge in [0.05, 0.1) is 25.9 Å². The molecule has 3 rings (SSSR count). The maximum Gasteiger partial charge on any atom is 0.333 e. The van der Waals surface area contributed by atoms with Gasteiger partial charge in [0.25, 0.3) is 11.5 Å². The number of aromatic nitrogens is 4. The number of hydrogen-bond donors (Lipinski definition) is 2. The number of ether oxygens (including phenoxy) is 1. The molecule has 0 fully saturated rings. The van der Waals surface area contributed by atoms with E-state index in [1.54, 1.807) is 4.57 Å². The third kappa shape index (κ3) is 5.11. The average molecular weight is 442 g/mol. The highest BCUT2D eigenvalue weighted by atomic mass is 16.5. The molecule has 11 heteroatoms. The van der Waals surface area contributed by atoms with Crippen LogP contribution in [0, 0.1) is 0 Å². The van der Waals surface area contributed by atoms with E-state index in [1.807, 2.05) is 44.2 Å². The van der Waals surface area contributed by atoms with Crippen molar-refractivity contribution < 1.29 is 14.3 Å². The molecule has 0 spiro atoms. The van der Waals surface area contributed by atoms with Crippen LogP contribution < -0.4 is 22.1 Å². The first-order chi connectivity index (χ1) is 15.5. The van der Waals surface area contributed by atoms with Gasteiger partial charge in [-0.1, -0.05) is 30.3 Å². The zero-order valence-electron chi connectivity index (χ0n) is 18.0. The average Bonchev–Trinajstić information content (AvgIpc) is 3.23. The van der Waals surface area contributed by atoms with E-state index < -0.39 is 29.6 Å². The molecule has 0 aliphatic carbocycles. The SMILES string of the molecule is CCOCCC(=O)NNC(=O)Cn1c(=O)c2c(ncn2CC)n(Cc2ccccc2)c1=O. The van der Waals surface area contributed by atoms with E-state index in [-0.39, 0.29) is 30.7 Å². The molecule has 1 aromatic carbocycles. The summed E-state index contributed by atoms with van der Waals surface area (Å²) in [6.45, 7) is 4.47. The van der Waals surface area contributed by atoms with E-state index in [0.29, 0.717) is 13.2 Å². The summed E-state index contributed by atoms with van der Waals surface area (Å²) in [6, 6.07) is 9.27. The summed E-state index contributed by atoms with van der Waals surface area (Å²) < 4.78 is 8.93. The number of nitrogens with zero attached hydrogens (tertiary/aromatic N) is 4. The van der Waals surface area contributed by atoms with Gasteiger partial charge in [0.1, 0.15) is 6.54 Å². The second-order valence-electron chi connectivity index (χ2n) is 6.99. The lowest BCUT2D eigenvalue weighted by molar-refractivity contribution is -0.129. The van der Waals surface area contributed by atoms with E-state index in [9.17, 15) is 19.2 Å². The minimum Gasteiger partial charge on any atom is -0.381 e. The highest BCUT2D eigenvalue weighted by Gasteiger charge is 2.19. The maximum absolute atomic E-state index is 13.1. The van der Waals surface area contributed by atoms with Crippen LogP contribution >= 0.6 is 0 Å². The second kappa shape index (κ2) is 10.5. The molecule has 32 heavy (non-hydrogen) atoms. The monoisotopic (exact) mass is 442 g/mol. The lowest BCUT2D eigenvalue weighted by Crippen LogP contribution is -2.48. The molecule has 170 valence electrons. The molecule has 2 aromatic heterocycles. The first-order valence-electron chi connectivity index (χ1n) is 10.3. The fraction of sp³-hybridized carbons (Fsp3) is 0.381. The zero-order valence-corrected chi connectivity index (χ0v) is 18.0. The summed E-state index contributed by atoms with van der Waals surface area (Å²) in [4.78, 5) is 54.6. The molecule has 2 N–H and O–H groups in total. The number of hydrogen-bond acceptors (Lipinski definition) is 6. The fourth-order valence-electron chi connectivity index (χ4n) is 3.22. The standard InChI is InChI=1S/C21H26N6O5/c1-3-25-14-22-19-18(25)20(30)27(13-17(29)24-23-16(28)10-11-32-4-2)21(31)26(19)12-15-8-6-5-7-9-15/h5-9,14H,3-4,10-13H2,1-2H3,(H,23,28)(H,24,29). The molecular formula is C21H26N6O5. The largest absolute Gasteiger partial charge is 0.381 e. The van der Waals surface area contributed by atoms with Crippen molar-refractivity contribution in [3.63, 3.8) is 0 Å². The number of imidazole rings is 1. The van der Waals surface area contributed by atoms with E-state index in [1.165, 1.54) is 10.9 Å². The van der Waals surface area contributed by atoms with Gasteiger partial charge in [0.2, 0.25) is 5.91 Å². The first kappa shape index (κ1) is 22.9. The van der Waals surface area contributed by atoms with Crippen molar-refractivity contribution in [3.05, 3.63) is 63.1 Å². The van der Waals surface area contributed by atoms with Crippen LogP contribution in [0.25, 0.3) is 11.2 Å². The molecule has 0 aliphatic rings. The van der Waals surface area contributed by atoms with Crippen molar-refractivity contribution in [2.45, 2.75) is 39.9 Å². The van der Waals surface area contributed by atoms with Crippen LogP contribution in [-0.2, 0) is 34.0 Å². The molecule has 0 bridgehead atoms. The molecule has 0 saturated heterocycles. The zero-order chi connectivity index (χ0) is 23.1. The van der Waals surface area contributed by atoms with Crippen molar-refractivity contribution in [1.82, 2.24) is 29.5 Å². The van der Waals surface area contributed by atoms with Crippen LogP contribution in [0.2, 0.25) is 0 Å². The molecule has 0 radical (unpaired) electrons. The summed E-state index contributed by atoms with van der Waals surface area (Å²) in [7, 11) is 0. The van der Waals surface area contributed by atoms with Gasteiger partial charge in [-0.25, -0.2) is 14.3 Å². The highest BCUT2D eigenvalue weighted by Crippen LogP contribution is 2.09. The summed E-state index contributed by atoms with van der Waals surface area (Å²) >= 11 is 0. The number of carbonyl (C=O) groups excluding carboxylic acids is 2. The van der Waals surface area contributed by atoms with Gasteiger partial charge in [-0.15, -0.1) is 0 Å². The smallest absolute Gasteiger partial charge is 0.333 e. The van der Waals surface area contributed by atoms with E-state index >= 15 is 0 Å². The Morgan fingerprint density at radius 3 is 2.44 bits per heavy atom. The van der Waals surface area contributed by atoms with Gasteiger partial charge in [0, 0.05) is 13.2 Å². The summed E-state index contributed by atoms with van der Waals surface area (Å²) in [6.07, 6.45) is 1.57. The Labute approximate surface area is 183 Å². The van der Waals surface area contributed by atoms with Crippen LogP contribution in [0.15, 0.2) is 46.2 Å². The number of hydrazine groups is 1. The fourth-order valence-corrected chi connectivity index (χ4v) is 3.22. The topological polar surface area (TPSA) is 129 Å². The molecule has 0 aliphatic heterocycles. The summed E-state index contributed by atoms with van der Waals surface area (Å²) in [5, 5.41) is 0. The number of nitrogens with one attached hydrogen (secondary N) is 2. The molecule has 0 unspecified atom stereocenters. The number of carbonyl (C=O) groups is 2. The predicted molar refractivity (Wildman–Crippen MR) is 117 cm³/mol. The molecule has 3 aromatic rings. The third-order valence-corrected chi connectivity index (χ3v) is 4.83. The Hall–Kier alpha value is -3.73. The maximum atomic E-state index is 13.1. The minimum absolute atomic E-state index is 0.0690. The van der Waals surface area contributed by atoms with Gasteiger partial charge >= 0.3 is 5.69 Å². The lowest BCUT2D eigenvalue weighted by Gasteiger charge is -2.13. The first-order valence-corrected chi connectivity index (χ1v) is 10.3. The van der Waals surface area contributed by atoms with Gasteiger partial charge in [-0.3, -0.25) is 29.8 Å². The Balaban J connectivity index is 1.89. The number of rotatable bonds is 9. The van der Waals surface area contributed by atoms with Crippen molar-refractivity contribution in [2.75, 3.05) is 13.2 Å². The number of amides is 2. The Bertz CT molecular complexity index is 1210. The Morgan fingerprint density at radius 2 is 1.75 bits per heavy atom. The third-order valence-electron chi connectivity index (χ3n) is 4.83. The second-order valence-corrected chi connectivity index (χ2v) is 6.99. The van der Waals surface area contributed by atoms with Gasteiger partial charge in [0.15, 0.2) is 11.2 Å². The quantitative estimate of drug-likeness (QED) is 0.355. The number of aryl methyl sites for hydroxylation is 1. The van der Waals surface area contributed by atoms with Crippen LogP contribution in [0.5, 0.6) is 0 Å². The van der Waals surface area contributed by atoms with Crippen LogP contribution in [0.4, 0.5) is 0 Å². The van der Waals surface area contributed by atoms with Gasteiger partial charge < -0.3 is 9.30 Å². The summed E-state index contributed by atoms with van der Waals surface area (Å²) in [5.41, 5.74) is 4.53. The highest BCUT2D eigenvalue weighted by molar-refractivity contribution is 5.82. The van der Waals surface area contributed by atoms with Gasteiger partial charge in [-0.2, -0.15) is 0 Å². The molecular weight excluding hydrogens is 416 g/mol. The molecule has 0 saturated carbocycles. The normalized spacial score (nSPS) is 10.9. The lowest BCUT2D eigenvalue weighted by atomic mass is 10.2. The Morgan fingerprint density at radius 1 is 1.03 bits per heavy atom. The van der Waals surface area contributed by atoms with Crippen molar-refractivity contribution in [1.29, 1.82) is 0 Å². The predicted octanol–water partition coefficient (Wildman–Crippen LogP) is 0.00190. The van der Waals surface area contributed by atoms with Crippen LogP contribution in [-0.4, -0.2) is 43.7 Å². The minimum atomic E-state index is -0.706. The number of fused-ring (bicyclic) bond motifs is 1. The molecule has 0 atom stereocenters. The number of benzene rings is 1. The van der Waals surface area contributed by atoms with Crippen molar-refractivity contribution in [2.24, 2.45) is 0 Å². The van der Waals surface area contributed by atoms with E-state index in [2.05, 4.69) is 15.8 Å². The molecule has 11 nitrogen and oxygen atoms in total. The summed E-state index contributed by atoms with van der Waals surface area (Å²) in [5.74, 6) is -1.15. The van der Waals surface area contributed by atoms with E-state index in [0.717, 1.165) is 10.1 Å². The van der Waals surface area contributed by atoms with E-state index in [4.69, 9.17) is 4.74 Å². The van der Waals surface area contributed by atoms with Crippen LogP contribution in [0.1, 0.15) is 25.8 Å². The van der Waals surface area contributed by atoms with Crippen molar-refractivity contribution in [3.8, 4) is 0 Å². The van der Waals surface area contributed by atoms with Crippen molar-refractivity contribution >= 4 is 23.0 Å². The van der Waals surface area contributed by atoms with Gasteiger partial charge in [-0.05, 0) is 19.4 Å². The molecule has 2 amide bonds. The molecule has 2 heterocycles.